The molecule has 0 bridgehead atoms. The first-order valence-corrected chi connectivity index (χ1v) is 11.2. The van der Waals surface area contributed by atoms with Gasteiger partial charge in [-0.3, -0.25) is 9.59 Å². The van der Waals surface area contributed by atoms with Crippen LogP contribution in [0.2, 0.25) is 10.0 Å². The van der Waals surface area contributed by atoms with Crippen LogP contribution in [0.4, 0.5) is 10.7 Å². The number of esters is 1. The average molecular weight is 491 g/mol. The molecule has 0 aliphatic rings. The van der Waals surface area contributed by atoms with Gasteiger partial charge in [0.1, 0.15) is 5.00 Å². The van der Waals surface area contributed by atoms with E-state index in [2.05, 4.69) is 10.6 Å². The quantitative estimate of drug-likeness (QED) is 0.394. The number of rotatable bonds is 6. The van der Waals surface area contributed by atoms with Crippen LogP contribution in [0.5, 0.6) is 0 Å². The molecule has 6 nitrogen and oxygen atoms in total. The number of halogens is 2. The molecule has 9 heteroatoms. The molecule has 32 heavy (non-hydrogen) atoms. The minimum absolute atomic E-state index is 0.130. The summed E-state index contributed by atoms with van der Waals surface area (Å²) in [5.74, 6) is -1.56. The number of thiophene rings is 1. The Morgan fingerprint density at radius 3 is 2.38 bits per heavy atom. The minimum Gasteiger partial charge on any atom is -0.462 e. The van der Waals surface area contributed by atoms with Gasteiger partial charge in [-0.2, -0.15) is 0 Å². The fraction of sp³-hybridized carbons (Fsp3) is 0.174. The molecule has 3 aromatic rings. The van der Waals surface area contributed by atoms with E-state index >= 15 is 0 Å². The Bertz CT molecular complexity index is 1210. The largest absolute Gasteiger partial charge is 0.462 e. The second kappa shape index (κ2) is 10.2. The zero-order valence-corrected chi connectivity index (χ0v) is 19.9. The van der Waals surface area contributed by atoms with Crippen LogP contribution in [0.1, 0.15) is 48.4 Å². The molecule has 0 saturated heterocycles. The summed E-state index contributed by atoms with van der Waals surface area (Å²) in [6.07, 6.45) is 0. The summed E-state index contributed by atoms with van der Waals surface area (Å²) in [6, 6.07) is 11.8. The zero-order valence-electron chi connectivity index (χ0n) is 17.5. The molecule has 0 atom stereocenters. The lowest BCUT2D eigenvalue weighted by atomic mass is 10.1. The van der Waals surface area contributed by atoms with Gasteiger partial charge in [0.15, 0.2) is 0 Å². The fourth-order valence-corrected chi connectivity index (χ4v) is 4.58. The Morgan fingerprint density at radius 2 is 1.72 bits per heavy atom. The summed E-state index contributed by atoms with van der Waals surface area (Å²) < 4.78 is 5.15. The number of nitrogens with one attached hydrogen (secondary N) is 2. The van der Waals surface area contributed by atoms with Crippen LogP contribution >= 0.6 is 34.5 Å². The van der Waals surface area contributed by atoms with Crippen LogP contribution in [0, 0.1) is 13.8 Å². The molecule has 0 unspecified atom stereocenters. The highest BCUT2D eigenvalue weighted by Gasteiger charge is 2.27. The smallest absolute Gasteiger partial charge is 0.341 e. The average Bonchev–Trinajstić information content (AvgIpc) is 3.05. The monoisotopic (exact) mass is 490 g/mol. The van der Waals surface area contributed by atoms with E-state index in [9.17, 15) is 14.4 Å². The molecule has 166 valence electrons. The van der Waals surface area contributed by atoms with Gasteiger partial charge in [0.05, 0.1) is 27.6 Å². The molecule has 0 aliphatic carbocycles. The first-order valence-electron chi connectivity index (χ1n) is 9.66. The van der Waals surface area contributed by atoms with Gasteiger partial charge in [0.25, 0.3) is 11.8 Å². The van der Waals surface area contributed by atoms with Crippen molar-refractivity contribution in [1.29, 1.82) is 0 Å². The summed E-state index contributed by atoms with van der Waals surface area (Å²) in [6.45, 7) is 5.34. The van der Waals surface area contributed by atoms with Crippen LogP contribution in [-0.4, -0.2) is 24.4 Å². The Balaban J connectivity index is 1.97. The van der Waals surface area contributed by atoms with Crippen molar-refractivity contribution in [2.24, 2.45) is 0 Å². The first kappa shape index (κ1) is 23.8. The van der Waals surface area contributed by atoms with Crippen molar-refractivity contribution in [3.63, 3.8) is 0 Å². The van der Waals surface area contributed by atoms with E-state index in [0.717, 1.165) is 16.9 Å². The van der Waals surface area contributed by atoms with Gasteiger partial charge in [-0.05, 0) is 56.2 Å². The highest BCUT2D eigenvalue weighted by atomic mass is 35.5. The normalized spacial score (nSPS) is 10.5. The molecular formula is C23H20Cl2N2O4S. The molecule has 2 amide bonds. The van der Waals surface area contributed by atoms with E-state index in [1.807, 2.05) is 25.1 Å². The van der Waals surface area contributed by atoms with Crippen LogP contribution in [0.3, 0.4) is 0 Å². The van der Waals surface area contributed by atoms with Crippen molar-refractivity contribution in [2.75, 3.05) is 17.2 Å². The number of anilines is 2. The topological polar surface area (TPSA) is 84.5 Å². The maximum Gasteiger partial charge on any atom is 0.341 e. The summed E-state index contributed by atoms with van der Waals surface area (Å²) in [7, 11) is 0. The number of para-hydroxylation sites is 1. The van der Waals surface area contributed by atoms with Crippen molar-refractivity contribution >= 4 is 63.0 Å². The maximum absolute atomic E-state index is 13.0. The molecular weight excluding hydrogens is 471 g/mol. The summed E-state index contributed by atoms with van der Waals surface area (Å²) >= 11 is 13.0. The van der Waals surface area contributed by atoms with Crippen molar-refractivity contribution in [1.82, 2.24) is 0 Å². The van der Waals surface area contributed by atoms with Gasteiger partial charge in [-0.1, -0.05) is 41.4 Å². The predicted octanol–water partition coefficient (Wildman–Crippen LogP) is 6.35. The third-order valence-corrected chi connectivity index (χ3v) is 6.38. The number of aryl methyl sites for hydroxylation is 1. The van der Waals surface area contributed by atoms with Crippen LogP contribution in [-0.2, 0) is 4.74 Å². The van der Waals surface area contributed by atoms with E-state index in [-0.39, 0.29) is 32.6 Å². The highest BCUT2D eigenvalue weighted by Crippen LogP contribution is 2.35. The second-order valence-electron chi connectivity index (χ2n) is 6.83. The zero-order chi connectivity index (χ0) is 23.4. The molecule has 0 fully saturated rings. The third-order valence-electron chi connectivity index (χ3n) is 4.63. The number of benzene rings is 2. The number of carbonyl (C=O) groups excluding carboxylic acids is 3. The second-order valence-corrected chi connectivity index (χ2v) is 8.69. The molecule has 3 rings (SSSR count). The van der Waals surface area contributed by atoms with Gasteiger partial charge < -0.3 is 15.4 Å². The van der Waals surface area contributed by atoms with Crippen molar-refractivity contribution in [3.8, 4) is 0 Å². The van der Waals surface area contributed by atoms with E-state index in [1.165, 1.54) is 18.2 Å². The van der Waals surface area contributed by atoms with Gasteiger partial charge >= 0.3 is 5.97 Å². The third kappa shape index (κ3) is 5.12. The van der Waals surface area contributed by atoms with Crippen molar-refractivity contribution < 1.29 is 19.1 Å². The lowest BCUT2D eigenvalue weighted by Crippen LogP contribution is -2.15. The number of hydrogen-bond acceptors (Lipinski definition) is 5. The van der Waals surface area contributed by atoms with E-state index < -0.39 is 17.8 Å². The van der Waals surface area contributed by atoms with E-state index in [0.29, 0.717) is 16.3 Å². The van der Waals surface area contributed by atoms with E-state index in [1.54, 1.807) is 19.9 Å². The van der Waals surface area contributed by atoms with Gasteiger partial charge in [-0.25, -0.2) is 4.79 Å². The Hall–Kier alpha value is -2.87. The van der Waals surface area contributed by atoms with Crippen LogP contribution in [0.15, 0.2) is 42.5 Å². The molecule has 0 saturated carbocycles. The molecule has 2 aromatic carbocycles. The standard InChI is InChI=1S/C23H20Cl2N2O4S/c1-4-31-23(30)18-13(3)19(21(29)26-17-8-6-5-7-12(17)2)32-22(18)27-20(28)15-10-9-14(24)11-16(15)25/h5-11H,4H2,1-3H3,(H,26,29)(H,27,28). The van der Waals surface area contributed by atoms with Crippen LogP contribution in [0.25, 0.3) is 0 Å². The van der Waals surface area contributed by atoms with Gasteiger partial charge in [-0.15, -0.1) is 11.3 Å². The predicted molar refractivity (Wildman–Crippen MR) is 129 cm³/mol. The summed E-state index contributed by atoms with van der Waals surface area (Å²) in [4.78, 5) is 38.7. The van der Waals surface area contributed by atoms with Crippen molar-refractivity contribution in [3.05, 3.63) is 79.6 Å². The minimum atomic E-state index is -0.631. The molecule has 1 heterocycles. The fourth-order valence-electron chi connectivity index (χ4n) is 3.00. The molecule has 0 radical (unpaired) electrons. The Labute approximate surface area is 199 Å². The molecule has 0 aliphatic heterocycles. The summed E-state index contributed by atoms with van der Waals surface area (Å²) in [5.41, 5.74) is 2.28. The lowest BCUT2D eigenvalue weighted by molar-refractivity contribution is 0.0527. The van der Waals surface area contributed by atoms with Gasteiger partial charge in [0.2, 0.25) is 0 Å². The summed E-state index contributed by atoms with van der Waals surface area (Å²) in [5, 5.41) is 6.29. The number of amides is 2. The van der Waals surface area contributed by atoms with Gasteiger partial charge in [0, 0.05) is 10.7 Å². The van der Waals surface area contributed by atoms with Crippen LogP contribution < -0.4 is 10.6 Å². The molecule has 0 spiro atoms. The number of carbonyl (C=O) groups is 3. The molecule has 2 N–H and O–H groups in total. The Kier molecular flexibility index (Phi) is 7.56. The Morgan fingerprint density at radius 1 is 1.00 bits per heavy atom. The van der Waals surface area contributed by atoms with E-state index in [4.69, 9.17) is 27.9 Å². The number of ether oxygens (including phenoxy) is 1. The van der Waals surface area contributed by atoms with Crippen molar-refractivity contribution in [2.45, 2.75) is 20.8 Å². The number of hydrogen-bond donors (Lipinski definition) is 2. The highest BCUT2D eigenvalue weighted by molar-refractivity contribution is 7.19. The molecule has 1 aromatic heterocycles. The first-order chi connectivity index (χ1) is 15.2. The maximum atomic E-state index is 13.0. The SMILES string of the molecule is CCOC(=O)c1c(NC(=O)c2ccc(Cl)cc2Cl)sc(C(=O)Nc2ccccc2C)c1C. The lowest BCUT2D eigenvalue weighted by Gasteiger charge is -2.08.